The van der Waals surface area contributed by atoms with Crippen LogP contribution in [0.25, 0.3) is 0 Å². The van der Waals surface area contributed by atoms with E-state index in [2.05, 4.69) is 5.32 Å². The van der Waals surface area contributed by atoms with Crippen molar-refractivity contribution in [2.45, 2.75) is 58.1 Å². The van der Waals surface area contributed by atoms with Gasteiger partial charge in [-0.25, -0.2) is 9.59 Å². The van der Waals surface area contributed by atoms with E-state index < -0.39 is 35.9 Å². The molecule has 9 heteroatoms. The van der Waals surface area contributed by atoms with Crippen LogP contribution in [0.15, 0.2) is 30.3 Å². The van der Waals surface area contributed by atoms with E-state index in [9.17, 15) is 19.5 Å². The van der Waals surface area contributed by atoms with Crippen molar-refractivity contribution in [2.75, 3.05) is 6.61 Å². The molecule has 0 aliphatic rings. The van der Waals surface area contributed by atoms with Gasteiger partial charge in [-0.3, -0.25) is 4.79 Å². The Morgan fingerprint density at radius 3 is 2.39 bits per heavy atom. The number of carboxylic acid groups (broad SMARTS) is 1. The van der Waals surface area contributed by atoms with Crippen LogP contribution in [0.1, 0.15) is 39.2 Å². The van der Waals surface area contributed by atoms with E-state index >= 15 is 0 Å². The van der Waals surface area contributed by atoms with Crippen LogP contribution in [0.2, 0.25) is 0 Å². The molecule has 1 aromatic carbocycles. The number of alkyl carbamates (subject to hydrolysis) is 1. The standard InChI is InChI=1S/C19H28N2O7/c1-19(2,3)28-18(25)21-14(17(23)24)9-10-26-15(20)11-16(22)27-12-13-7-5-4-6-8-13/h4-8,14-15H,9-12,20H2,1-3H3,(H,21,25)(H,23,24). The highest BCUT2D eigenvalue weighted by Crippen LogP contribution is 2.08. The van der Waals surface area contributed by atoms with Crippen LogP contribution in [-0.2, 0) is 30.4 Å². The zero-order chi connectivity index (χ0) is 21.2. The van der Waals surface area contributed by atoms with Gasteiger partial charge < -0.3 is 30.4 Å². The molecule has 0 aliphatic heterocycles. The molecule has 1 aromatic rings. The van der Waals surface area contributed by atoms with Crippen LogP contribution in [-0.4, -0.2) is 47.6 Å². The van der Waals surface area contributed by atoms with Crippen LogP contribution in [0.5, 0.6) is 0 Å². The molecule has 0 saturated carbocycles. The van der Waals surface area contributed by atoms with Crippen LogP contribution < -0.4 is 11.1 Å². The van der Waals surface area contributed by atoms with Gasteiger partial charge in [0.25, 0.3) is 0 Å². The molecule has 156 valence electrons. The molecular formula is C19H28N2O7. The molecule has 9 nitrogen and oxygen atoms in total. The zero-order valence-electron chi connectivity index (χ0n) is 16.3. The molecule has 0 radical (unpaired) electrons. The summed E-state index contributed by atoms with van der Waals surface area (Å²) >= 11 is 0. The number of carbonyl (C=O) groups is 3. The number of hydrogen-bond acceptors (Lipinski definition) is 7. The summed E-state index contributed by atoms with van der Waals surface area (Å²) in [7, 11) is 0. The molecule has 2 atom stereocenters. The Bertz CT molecular complexity index is 643. The molecule has 2 unspecified atom stereocenters. The molecule has 1 rings (SSSR count). The molecule has 0 aliphatic carbocycles. The minimum atomic E-state index is -1.23. The Kier molecular flexibility index (Phi) is 9.40. The molecule has 0 saturated heterocycles. The number of ether oxygens (including phenoxy) is 3. The minimum absolute atomic E-state index is 0.0403. The van der Waals surface area contributed by atoms with Gasteiger partial charge >= 0.3 is 18.0 Å². The first-order chi connectivity index (χ1) is 13.1. The fourth-order valence-corrected chi connectivity index (χ4v) is 2.06. The number of aliphatic carboxylic acids is 1. The smallest absolute Gasteiger partial charge is 0.408 e. The summed E-state index contributed by atoms with van der Waals surface area (Å²) in [5.41, 5.74) is 5.81. The highest BCUT2D eigenvalue weighted by atomic mass is 16.6. The van der Waals surface area contributed by atoms with E-state index in [0.717, 1.165) is 5.56 Å². The Morgan fingerprint density at radius 2 is 1.82 bits per heavy atom. The first-order valence-corrected chi connectivity index (χ1v) is 8.86. The summed E-state index contributed by atoms with van der Waals surface area (Å²) in [4.78, 5) is 34.7. The van der Waals surface area contributed by atoms with Gasteiger partial charge in [0.15, 0.2) is 0 Å². The van der Waals surface area contributed by atoms with E-state index in [4.69, 9.17) is 19.9 Å². The van der Waals surface area contributed by atoms with E-state index in [1.165, 1.54) is 0 Å². The van der Waals surface area contributed by atoms with Crippen molar-refractivity contribution < 1.29 is 33.7 Å². The second kappa shape index (κ2) is 11.3. The SMILES string of the molecule is CC(C)(C)OC(=O)NC(CCOC(N)CC(=O)OCc1ccccc1)C(=O)O. The fourth-order valence-electron chi connectivity index (χ4n) is 2.06. The first kappa shape index (κ1) is 23.4. The molecular weight excluding hydrogens is 368 g/mol. The number of benzene rings is 1. The van der Waals surface area contributed by atoms with Crippen LogP contribution in [0, 0.1) is 0 Å². The number of carbonyl (C=O) groups excluding carboxylic acids is 2. The molecule has 4 N–H and O–H groups in total. The topological polar surface area (TPSA) is 137 Å². The van der Waals surface area contributed by atoms with Crippen molar-refractivity contribution in [3.63, 3.8) is 0 Å². The van der Waals surface area contributed by atoms with Crippen molar-refractivity contribution in [1.29, 1.82) is 0 Å². The highest BCUT2D eigenvalue weighted by molar-refractivity contribution is 5.80. The number of nitrogens with two attached hydrogens (primary N) is 1. The fraction of sp³-hybridized carbons (Fsp3) is 0.526. The molecule has 0 bridgehead atoms. The third kappa shape index (κ3) is 10.5. The van der Waals surface area contributed by atoms with E-state index in [-0.39, 0.29) is 26.1 Å². The third-order valence-corrected chi connectivity index (χ3v) is 3.34. The second-order valence-electron chi connectivity index (χ2n) is 7.09. The largest absolute Gasteiger partial charge is 0.480 e. The summed E-state index contributed by atoms with van der Waals surface area (Å²) in [6.45, 7) is 5.07. The number of rotatable bonds is 10. The van der Waals surface area contributed by atoms with Gasteiger partial charge in [0, 0.05) is 6.42 Å². The zero-order valence-corrected chi connectivity index (χ0v) is 16.3. The Balaban J connectivity index is 2.31. The molecule has 0 aromatic heterocycles. The van der Waals surface area contributed by atoms with Crippen molar-refractivity contribution in [3.8, 4) is 0 Å². The first-order valence-electron chi connectivity index (χ1n) is 8.86. The Hall–Kier alpha value is -2.65. The summed E-state index contributed by atoms with van der Waals surface area (Å²) in [5, 5.41) is 11.4. The van der Waals surface area contributed by atoms with Crippen molar-refractivity contribution >= 4 is 18.0 Å². The summed E-state index contributed by atoms with van der Waals surface area (Å²) in [6.07, 6.45) is -2.00. The quantitative estimate of drug-likeness (QED) is 0.402. The second-order valence-corrected chi connectivity index (χ2v) is 7.09. The number of hydrogen-bond donors (Lipinski definition) is 3. The van der Waals surface area contributed by atoms with Crippen LogP contribution in [0.3, 0.4) is 0 Å². The predicted molar refractivity (Wildman–Crippen MR) is 100 cm³/mol. The highest BCUT2D eigenvalue weighted by Gasteiger charge is 2.24. The lowest BCUT2D eigenvalue weighted by molar-refractivity contribution is -0.148. The number of nitrogens with one attached hydrogen (secondary N) is 1. The maximum Gasteiger partial charge on any atom is 0.408 e. The van der Waals surface area contributed by atoms with Crippen molar-refractivity contribution in [1.82, 2.24) is 5.32 Å². The number of amides is 1. The van der Waals surface area contributed by atoms with Crippen molar-refractivity contribution in [2.24, 2.45) is 5.73 Å². The maximum atomic E-state index is 11.8. The van der Waals surface area contributed by atoms with Gasteiger partial charge in [-0.15, -0.1) is 0 Å². The molecule has 0 spiro atoms. The lowest BCUT2D eigenvalue weighted by Crippen LogP contribution is -2.44. The monoisotopic (exact) mass is 396 g/mol. The predicted octanol–water partition coefficient (Wildman–Crippen LogP) is 1.79. The summed E-state index contributed by atoms with van der Waals surface area (Å²) < 4.78 is 15.4. The maximum absolute atomic E-state index is 11.8. The van der Waals surface area contributed by atoms with Gasteiger partial charge in [0.05, 0.1) is 13.0 Å². The normalized spacial score (nSPS) is 13.3. The van der Waals surface area contributed by atoms with E-state index in [0.29, 0.717) is 0 Å². The number of esters is 1. The van der Waals surface area contributed by atoms with Crippen LogP contribution >= 0.6 is 0 Å². The Labute approximate surface area is 164 Å². The summed E-state index contributed by atoms with van der Waals surface area (Å²) in [6, 6.07) is 7.98. The molecule has 1 amide bonds. The van der Waals surface area contributed by atoms with E-state index in [1.54, 1.807) is 20.8 Å². The van der Waals surface area contributed by atoms with Gasteiger partial charge in [-0.05, 0) is 26.3 Å². The molecule has 28 heavy (non-hydrogen) atoms. The van der Waals surface area contributed by atoms with Gasteiger partial charge in [0.1, 0.15) is 24.5 Å². The molecule has 0 fully saturated rings. The van der Waals surface area contributed by atoms with Gasteiger partial charge in [-0.1, -0.05) is 30.3 Å². The lowest BCUT2D eigenvalue weighted by Gasteiger charge is -2.22. The third-order valence-electron chi connectivity index (χ3n) is 3.34. The van der Waals surface area contributed by atoms with Crippen LogP contribution in [0.4, 0.5) is 4.79 Å². The average molecular weight is 396 g/mol. The molecule has 0 heterocycles. The summed E-state index contributed by atoms with van der Waals surface area (Å²) in [5.74, 6) is -1.76. The van der Waals surface area contributed by atoms with Gasteiger partial charge in [0.2, 0.25) is 0 Å². The lowest BCUT2D eigenvalue weighted by atomic mass is 10.2. The Morgan fingerprint density at radius 1 is 1.18 bits per heavy atom. The van der Waals surface area contributed by atoms with Gasteiger partial charge in [-0.2, -0.15) is 0 Å². The van der Waals surface area contributed by atoms with Crippen molar-refractivity contribution in [3.05, 3.63) is 35.9 Å². The minimum Gasteiger partial charge on any atom is -0.480 e. The van der Waals surface area contributed by atoms with E-state index in [1.807, 2.05) is 30.3 Å². The number of carboxylic acids is 1. The average Bonchev–Trinajstić information content (AvgIpc) is 2.58.